The zero-order chi connectivity index (χ0) is 20.4. The van der Waals surface area contributed by atoms with Crippen molar-refractivity contribution in [3.63, 3.8) is 0 Å². The Morgan fingerprint density at radius 2 is 2.00 bits per heavy atom. The average Bonchev–Trinajstić information content (AvgIpc) is 2.93. The molecule has 0 saturated carbocycles. The third-order valence-corrected chi connectivity index (χ3v) is 6.20. The molecule has 2 amide bonds. The number of benzene rings is 1. The number of aromatic nitrogens is 2. The fourth-order valence-electron chi connectivity index (χ4n) is 3.53. The van der Waals surface area contributed by atoms with E-state index in [1.54, 1.807) is 6.20 Å². The van der Waals surface area contributed by atoms with Crippen LogP contribution in [0, 0.1) is 0 Å². The van der Waals surface area contributed by atoms with Gasteiger partial charge in [-0.15, -0.1) is 0 Å². The molecule has 8 heteroatoms. The van der Waals surface area contributed by atoms with Gasteiger partial charge in [-0.1, -0.05) is 18.2 Å². The summed E-state index contributed by atoms with van der Waals surface area (Å²) < 4.78 is 0. The molecule has 0 aliphatic carbocycles. The Morgan fingerprint density at radius 3 is 2.79 bits per heavy atom. The highest BCUT2D eigenvalue weighted by molar-refractivity contribution is 8.18. The van der Waals surface area contributed by atoms with Crippen LogP contribution in [0.3, 0.4) is 0 Å². The lowest BCUT2D eigenvalue weighted by Crippen LogP contribution is -2.29. The van der Waals surface area contributed by atoms with Crippen molar-refractivity contribution in [1.29, 1.82) is 0 Å². The van der Waals surface area contributed by atoms with Gasteiger partial charge in [-0.25, -0.2) is 4.98 Å². The van der Waals surface area contributed by atoms with E-state index in [1.807, 2.05) is 37.4 Å². The molecule has 0 unspecified atom stereocenters. The van der Waals surface area contributed by atoms with Gasteiger partial charge in [-0.3, -0.25) is 19.9 Å². The second-order valence-corrected chi connectivity index (χ2v) is 8.27. The van der Waals surface area contributed by atoms with Crippen LogP contribution in [0.2, 0.25) is 0 Å². The van der Waals surface area contributed by atoms with Gasteiger partial charge in [-0.2, -0.15) is 0 Å². The molecule has 0 bridgehead atoms. The Hall–Kier alpha value is -2.71. The second-order valence-electron chi connectivity index (χ2n) is 7.28. The quantitative estimate of drug-likeness (QED) is 0.781. The summed E-state index contributed by atoms with van der Waals surface area (Å²) in [6.07, 6.45) is 4.68. The molecule has 150 valence electrons. The lowest BCUT2D eigenvalue weighted by Gasteiger charge is -2.21. The number of hydrogen-bond acceptors (Lipinski definition) is 7. The number of anilines is 1. The van der Waals surface area contributed by atoms with Crippen molar-refractivity contribution in [2.75, 3.05) is 38.1 Å². The SMILES string of the molecule is C/C(=C1/SC(=O)NC1=O)c1cccc(-c2cncc(N3CCCN(C)CC3)n2)c1. The Morgan fingerprint density at radius 1 is 1.14 bits per heavy atom. The van der Waals surface area contributed by atoms with Crippen LogP contribution in [0.15, 0.2) is 41.6 Å². The van der Waals surface area contributed by atoms with Gasteiger partial charge < -0.3 is 9.80 Å². The predicted octanol–water partition coefficient (Wildman–Crippen LogP) is 3.00. The fraction of sp³-hybridized carbons (Fsp3) is 0.333. The highest BCUT2D eigenvalue weighted by atomic mass is 32.2. The highest BCUT2D eigenvalue weighted by Crippen LogP contribution is 2.32. The van der Waals surface area contributed by atoms with Crippen LogP contribution in [0.4, 0.5) is 10.6 Å². The van der Waals surface area contributed by atoms with Crippen LogP contribution < -0.4 is 10.2 Å². The van der Waals surface area contributed by atoms with E-state index in [1.165, 1.54) is 0 Å². The number of nitrogens with one attached hydrogen (secondary N) is 1. The van der Waals surface area contributed by atoms with Crippen molar-refractivity contribution in [1.82, 2.24) is 20.2 Å². The maximum Gasteiger partial charge on any atom is 0.290 e. The Kier molecular flexibility index (Phi) is 5.64. The Balaban J connectivity index is 1.63. The van der Waals surface area contributed by atoms with Crippen molar-refractivity contribution in [3.8, 4) is 11.3 Å². The van der Waals surface area contributed by atoms with Crippen molar-refractivity contribution in [2.45, 2.75) is 13.3 Å². The zero-order valence-electron chi connectivity index (χ0n) is 16.5. The van der Waals surface area contributed by atoms with Crippen LogP contribution in [0.5, 0.6) is 0 Å². The number of nitrogens with zero attached hydrogens (tertiary/aromatic N) is 4. The first-order chi connectivity index (χ1) is 14.0. The van der Waals surface area contributed by atoms with E-state index >= 15 is 0 Å². The van der Waals surface area contributed by atoms with E-state index in [-0.39, 0.29) is 11.1 Å². The molecule has 2 aliphatic heterocycles. The molecule has 0 spiro atoms. The zero-order valence-corrected chi connectivity index (χ0v) is 17.3. The summed E-state index contributed by atoms with van der Waals surface area (Å²) >= 11 is 0.943. The van der Waals surface area contributed by atoms with Gasteiger partial charge in [0, 0.05) is 25.2 Å². The van der Waals surface area contributed by atoms with Gasteiger partial charge in [0.1, 0.15) is 5.82 Å². The molecule has 4 rings (SSSR count). The number of imide groups is 1. The lowest BCUT2D eigenvalue weighted by atomic mass is 10.0. The average molecular weight is 410 g/mol. The van der Waals surface area contributed by atoms with E-state index in [0.717, 1.165) is 72.6 Å². The topological polar surface area (TPSA) is 78.4 Å². The molecule has 0 radical (unpaired) electrons. The first-order valence-corrected chi connectivity index (χ1v) is 10.4. The predicted molar refractivity (Wildman–Crippen MR) is 116 cm³/mol. The molecule has 0 atom stereocenters. The van der Waals surface area contributed by atoms with E-state index in [0.29, 0.717) is 4.91 Å². The van der Waals surface area contributed by atoms with Crippen molar-refractivity contribution >= 4 is 34.3 Å². The van der Waals surface area contributed by atoms with Crippen LogP contribution in [0.25, 0.3) is 16.8 Å². The van der Waals surface area contributed by atoms with Crippen molar-refractivity contribution in [3.05, 3.63) is 47.1 Å². The largest absolute Gasteiger partial charge is 0.354 e. The summed E-state index contributed by atoms with van der Waals surface area (Å²) in [4.78, 5) is 37.8. The maximum absolute atomic E-state index is 12.0. The summed E-state index contributed by atoms with van der Waals surface area (Å²) in [5, 5.41) is 1.98. The van der Waals surface area contributed by atoms with E-state index in [4.69, 9.17) is 4.98 Å². The Labute approximate surface area is 174 Å². The van der Waals surface area contributed by atoms with Gasteiger partial charge in [-0.05, 0) is 55.9 Å². The first kappa shape index (κ1) is 19.6. The molecule has 1 aromatic carbocycles. The molecule has 1 aromatic heterocycles. The van der Waals surface area contributed by atoms with E-state index < -0.39 is 0 Å². The number of rotatable bonds is 3. The van der Waals surface area contributed by atoms with Gasteiger partial charge >= 0.3 is 0 Å². The summed E-state index contributed by atoms with van der Waals surface area (Å²) in [5.41, 5.74) is 3.39. The summed E-state index contributed by atoms with van der Waals surface area (Å²) in [5.74, 6) is 0.547. The standard InChI is InChI=1S/C21H23N5O2S/c1-14(19-20(27)24-21(28)29-19)15-5-3-6-16(11-15)17-12-22-13-18(23-17)26-8-4-7-25(2)9-10-26/h3,5-6,11-13H,4,7-10H2,1-2H3,(H,24,27,28)/b19-14-. The van der Waals surface area contributed by atoms with E-state index in [9.17, 15) is 9.59 Å². The number of likely N-dealkylation sites (N-methyl/N-ethyl adjacent to an activating group) is 1. The Bertz CT molecular complexity index is 991. The maximum atomic E-state index is 12.0. The number of carbonyl (C=O) groups is 2. The highest BCUT2D eigenvalue weighted by Gasteiger charge is 2.27. The molecule has 2 saturated heterocycles. The van der Waals surface area contributed by atoms with Gasteiger partial charge in [0.25, 0.3) is 11.1 Å². The lowest BCUT2D eigenvalue weighted by molar-refractivity contribution is -0.115. The molecule has 3 heterocycles. The second kappa shape index (κ2) is 8.34. The number of amides is 2. The van der Waals surface area contributed by atoms with Gasteiger partial charge in [0.2, 0.25) is 0 Å². The van der Waals surface area contributed by atoms with Crippen molar-refractivity contribution in [2.24, 2.45) is 0 Å². The molecular formula is C21H23N5O2S. The number of carbonyl (C=O) groups excluding carboxylic acids is 2. The number of thioether (sulfide) groups is 1. The molecule has 2 fully saturated rings. The van der Waals surface area contributed by atoms with Crippen LogP contribution >= 0.6 is 11.8 Å². The molecule has 7 nitrogen and oxygen atoms in total. The monoisotopic (exact) mass is 409 g/mol. The minimum atomic E-state index is -0.337. The smallest absolute Gasteiger partial charge is 0.290 e. The minimum Gasteiger partial charge on any atom is -0.354 e. The summed E-state index contributed by atoms with van der Waals surface area (Å²) in [6, 6.07) is 7.84. The minimum absolute atomic E-state index is 0.331. The molecule has 2 aliphatic rings. The molecule has 2 aromatic rings. The molecule has 1 N–H and O–H groups in total. The molecular weight excluding hydrogens is 386 g/mol. The molecule has 29 heavy (non-hydrogen) atoms. The fourth-order valence-corrected chi connectivity index (χ4v) is 4.27. The normalized spacial score (nSPS) is 19.9. The van der Waals surface area contributed by atoms with Crippen molar-refractivity contribution < 1.29 is 9.59 Å². The van der Waals surface area contributed by atoms with Gasteiger partial charge in [0.15, 0.2) is 0 Å². The number of allylic oxidation sites excluding steroid dienone is 1. The third-order valence-electron chi connectivity index (χ3n) is 5.21. The summed E-state index contributed by atoms with van der Waals surface area (Å²) in [7, 11) is 2.14. The van der Waals surface area contributed by atoms with Crippen LogP contribution in [-0.2, 0) is 4.79 Å². The van der Waals surface area contributed by atoms with Crippen LogP contribution in [0.1, 0.15) is 18.9 Å². The van der Waals surface area contributed by atoms with Crippen LogP contribution in [-0.4, -0.2) is 59.2 Å². The third kappa shape index (κ3) is 4.33. The first-order valence-electron chi connectivity index (χ1n) is 9.61. The number of hydrogen-bond donors (Lipinski definition) is 1. The van der Waals surface area contributed by atoms with E-state index in [2.05, 4.69) is 27.1 Å². The summed E-state index contributed by atoms with van der Waals surface area (Å²) in [6.45, 7) is 5.85. The van der Waals surface area contributed by atoms with Gasteiger partial charge in [0.05, 0.1) is 23.0 Å².